The Kier molecular flexibility index (Phi) is 5.26. The Balaban J connectivity index is 1.79. The van der Waals surface area contributed by atoms with Crippen LogP contribution in [0.1, 0.15) is 36.7 Å². The molecule has 0 atom stereocenters. The number of nitrogens with one attached hydrogen (secondary N) is 1. The average Bonchev–Trinajstić information content (AvgIpc) is 2.67. The van der Waals surface area contributed by atoms with Crippen molar-refractivity contribution in [2.75, 3.05) is 12.4 Å². The molecule has 0 bridgehead atoms. The zero-order valence-electron chi connectivity index (χ0n) is 16.1. The first-order valence-corrected chi connectivity index (χ1v) is 8.90. The second kappa shape index (κ2) is 7.62. The van der Waals surface area contributed by atoms with Crippen molar-refractivity contribution >= 4 is 11.6 Å². The summed E-state index contributed by atoms with van der Waals surface area (Å²) in [6.45, 7) is 6.44. The molecule has 1 heterocycles. The molecule has 0 spiro atoms. The summed E-state index contributed by atoms with van der Waals surface area (Å²) in [7, 11) is 1.63. The molecule has 0 unspecified atom stereocenters. The number of hydrogen-bond acceptors (Lipinski definition) is 3. The number of methoxy groups -OCH3 is 1. The van der Waals surface area contributed by atoms with Gasteiger partial charge in [-0.15, -0.1) is 0 Å². The van der Waals surface area contributed by atoms with E-state index >= 15 is 0 Å². The summed E-state index contributed by atoms with van der Waals surface area (Å²) in [5, 5.41) is 2.95. The first kappa shape index (κ1) is 18.6. The Labute approximate surface area is 160 Å². The zero-order valence-corrected chi connectivity index (χ0v) is 16.1. The van der Waals surface area contributed by atoms with Crippen LogP contribution in [0.15, 0.2) is 66.9 Å². The fraction of sp³-hybridized carbons (Fsp3) is 0.217. The van der Waals surface area contributed by atoms with Crippen LogP contribution in [-0.2, 0) is 5.41 Å². The number of carbonyl (C=O) groups excluding carboxylic acids is 1. The van der Waals surface area contributed by atoms with Crippen molar-refractivity contribution < 1.29 is 9.53 Å². The largest absolute Gasteiger partial charge is 0.496 e. The predicted octanol–water partition coefficient (Wildman–Crippen LogP) is 5.31. The minimum atomic E-state index is -0.180. The number of hydrogen-bond donors (Lipinski definition) is 1. The lowest BCUT2D eigenvalue weighted by atomic mass is 9.87. The number of ether oxygens (including phenoxy) is 1. The van der Waals surface area contributed by atoms with Gasteiger partial charge in [0.05, 0.1) is 18.4 Å². The molecule has 0 aliphatic heterocycles. The van der Waals surface area contributed by atoms with Crippen LogP contribution >= 0.6 is 0 Å². The summed E-state index contributed by atoms with van der Waals surface area (Å²) in [6.07, 6.45) is 1.59. The second-order valence-corrected chi connectivity index (χ2v) is 7.42. The summed E-state index contributed by atoms with van der Waals surface area (Å²) in [5.74, 6) is 0.571. The van der Waals surface area contributed by atoms with Gasteiger partial charge in [-0.25, -0.2) is 0 Å². The number of para-hydroxylation sites is 1. The molecule has 138 valence electrons. The number of nitrogens with zero attached hydrogens (tertiary/aromatic N) is 1. The minimum absolute atomic E-state index is 0.0265. The number of anilines is 1. The van der Waals surface area contributed by atoms with E-state index in [-0.39, 0.29) is 11.3 Å². The monoisotopic (exact) mass is 360 g/mol. The maximum absolute atomic E-state index is 12.6. The zero-order chi connectivity index (χ0) is 19.4. The SMILES string of the molecule is COc1ccccc1-c1ccc(C(=O)Nc2cccc(C(C)(C)C)c2)cn1. The summed E-state index contributed by atoms with van der Waals surface area (Å²) < 4.78 is 5.38. The molecule has 0 saturated carbocycles. The van der Waals surface area contributed by atoms with Gasteiger partial charge in [0.1, 0.15) is 5.75 Å². The highest BCUT2D eigenvalue weighted by Crippen LogP contribution is 2.28. The van der Waals surface area contributed by atoms with Gasteiger partial charge in [-0.3, -0.25) is 9.78 Å². The summed E-state index contributed by atoms with van der Waals surface area (Å²) >= 11 is 0. The van der Waals surface area contributed by atoms with Crippen LogP contribution < -0.4 is 10.1 Å². The minimum Gasteiger partial charge on any atom is -0.496 e. The average molecular weight is 360 g/mol. The highest BCUT2D eigenvalue weighted by atomic mass is 16.5. The van der Waals surface area contributed by atoms with Crippen LogP contribution in [0, 0.1) is 0 Å². The van der Waals surface area contributed by atoms with E-state index < -0.39 is 0 Å². The molecule has 0 fully saturated rings. The van der Waals surface area contributed by atoms with E-state index in [9.17, 15) is 4.79 Å². The molecule has 1 amide bonds. The lowest BCUT2D eigenvalue weighted by molar-refractivity contribution is 0.102. The third-order valence-corrected chi connectivity index (χ3v) is 4.40. The molecule has 3 rings (SSSR count). The van der Waals surface area contributed by atoms with Crippen molar-refractivity contribution in [2.24, 2.45) is 0 Å². The molecule has 0 saturated heterocycles. The van der Waals surface area contributed by atoms with E-state index in [1.807, 2.05) is 48.5 Å². The number of amides is 1. The lowest BCUT2D eigenvalue weighted by Crippen LogP contribution is -2.15. The Morgan fingerprint density at radius 3 is 2.44 bits per heavy atom. The fourth-order valence-electron chi connectivity index (χ4n) is 2.81. The van der Waals surface area contributed by atoms with Crippen molar-refractivity contribution in [1.82, 2.24) is 4.98 Å². The summed E-state index contributed by atoms with van der Waals surface area (Å²) in [6, 6.07) is 19.2. The van der Waals surface area contributed by atoms with Crippen LogP contribution in [0.25, 0.3) is 11.3 Å². The third-order valence-electron chi connectivity index (χ3n) is 4.40. The lowest BCUT2D eigenvalue weighted by Gasteiger charge is -2.19. The summed E-state index contributed by atoms with van der Waals surface area (Å²) in [4.78, 5) is 17.0. The standard InChI is InChI=1S/C23H24N2O2/c1-23(2,3)17-8-7-9-18(14-17)25-22(26)16-12-13-20(24-15-16)19-10-5-6-11-21(19)27-4/h5-15H,1-4H3,(H,25,26). The molecule has 0 radical (unpaired) electrons. The van der Waals surface area contributed by atoms with Crippen molar-refractivity contribution in [3.8, 4) is 17.0 Å². The van der Waals surface area contributed by atoms with Crippen molar-refractivity contribution in [2.45, 2.75) is 26.2 Å². The Morgan fingerprint density at radius 1 is 1.00 bits per heavy atom. The van der Waals surface area contributed by atoms with Gasteiger partial charge in [-0.05, 0) is 47.4 Å². The number of pyridine rings is 1. The second-order valence-electron chi connectivity index (χ2n) is 7.42. The third kappa shape index (κ3) is 4.34. The molecule has 3 aromatic rings. The van der Waals surface area contributed by atoms with Gasteiger partial charge in [-0.1, -0.05) is 45.0 Å². The highest BCUT2D eigenvalue weighted by molar-refractivity contribution is 6.04. The van der Waals surface area contributed by atoms with Crippen LogP contribution in [0.5, 0.6) is 5.75 Å². The molecule has 4 nitrogen and oxygen atoms in total. The quantitative estimate of drug-likeness (QED) is 0.686. The van der Waals surface area contributed by atoms with Crippen molar-refractivity contribution in [1.29, 1.82) is 0 Å². The Bertz CT molecular complexity index is 941. The van der Waals surface area contributed by atoms with Gasteiger partial charge in [-0.2, -0.15) is 0 Å². The molecule has 0 aliphatic carbocycles. The molecule has 1 N–H and O–H groups in total. The topological polar surface area (TPSA) is 51.2 Å². The number of aromatic nitrogens is 1. The maximum Gasteiger partial charge on any atom is 0.257 e. The molecular formula is C23H24N2O2. The van der Waals surface area contributed by atoms with Gasteiger partial charge in [0.15, 0.2) is 0 Å². The fourth-order valence-corrected chi connectivity index (χ4v) is 2.81. The first-order valence-electron chi connectivity index (χ1n) is 8.90. The highest BCUT2D eigenvalue weighted by Gasteiger charge is 2.15. The molecule has 1 aromatic heterocycles. The van der Waals surface area contributed by atoms with Gasteiger partial charge in [0, 0.05) is 17.4 Å². The van der Waals surface area contributed by atoms with Crippen LogP contribution in [0.4, 0.5) is 5.69 Å². The van der Waals surface area contributed by atoms with Crippen LogP contribution in [-0.4, -0.2) is 18.0 Å². The molecule has 0 aliphatic rings. The van der Waals surface area contributed by atoms with E-state index in [0.29, 0.717) is 5.56 Å². The molecule has 4 heteroatoms. The number of carbonyl (C=O) groups is 1. The van der Waals surface area contributed by atoms with Crippen LogP contribution in [0.3, 0.4) is 0 Å². The summed E-state index contributed by atoms with van der Waals surface area (Å²) in [5.41, 5.74) is 4.14. The Morgan fingerprint density at radius 2 is 1.78 bits per heavy atom. The van der Waals surface area contributed by atoms with E-state index in [0.717, 1.165) is 22.7 Å². The molecule has 2 aromatic carbocycles. The smallest absolute Gasteiger partial charge is 0.257 e. The van der Waals surface area contributed by atoms with Gasteiger partial charge in [0.2, 0.25) is 0 Å². The van der Waals surface area contributed by atoms with Gasteiger partial charge >= 0.3 is 0 Å². The van der Waals surface area contributed by atoms with E-state index in [4.69, 9.17) is 4.74 Å². The maximum atomic E-state index is 12.6. The normalized spacial score (nSPS) is 11.1. The number of rotatable bonds is 4. The molecular weight excluding hydrogens is 336 g/mol. The van der Waals surface area contributed by atoms with E-state index in [1.165, 1.54) is 5.56 Å². The van der Waals surface area contributed by atoms with Gasteiger partial charge < -0.3 is 10.1 Å². The van der Waals surface area contributed by atoms with E-state index in [1.54, 1.807) is 19.4 Å². The Hall–Kier alpha value is -3.14. The van der Waals surface area contributed by atoms with Crippen molar-refractivity contribution in [3.63, 3.8) is 0 Å². The number of benzene rings is 2. The van der Waals surface area contributed by atoms with Crippen molar-refractivity contribution in [3.05, 3.63) is 78.0 Å². The first-order chi connectivity index (χ1) is 12.9. The predicted molar refractivity (Wildman–Crippen MR) is 109 cm³/mol. The van der Waals surface area contributed by atoms with E-state index in [2.05, 4.69) is 37.1 Å². The van der Waals surface area contributed by atoms with Gasteiger partial charge in [0.25, 0.3) is 5.91 Å². The van der Waals surface area contributed by atoms with Crippen LogP contribution in [0.2, 0.25) is 0 Å². The molecule has 27 heavy (non-hydrogen) atoms.